The first-order valence-electron chi connectivity index (χ1n) is 6.58. The van der Waals surface area contributed by atoms with Gasteiger partial charge in [0.05, 0.1) is 11.6 Å². The van der Waals surface area contributed by atoms with Crippen LogP contribution in [0.15, 0.2) is 42.9 Å². The van der Waals surface area contributed by atoms with E-state index in [4.69, 9.17) is 5.26 Å². The molecule has 0 aliphatic rings. The average Bonchev–Trinajstić information content (AvgIpc) is 2.52. The van der Waals surface area contributed by atoms with E-state index in [0.29, 0.717) is 5.56 Å². The summed E-state index contributed by atoms with van der Waals surface area (Å²) in [7, 11) is 0. The summed E-state index contributed by atoms with van der Waals surface area (Å²) < 4.78 is 0. The Morgan fingerprint density at radius 2 is 2.15 bits per heavy atom. The van der Waals surface area contributed by atoms with Crippen LogP contribution in [0.1, 0.15) is 17.5 Å². The molecule has 0 aliphatic heterocycles. The molecule has 2 rings (SSSR count). The van der Waals surface area contributed by atoms with Gasteiger partial charge in [-0.25, -0.2) is 4.98 Å². The maximum Gasteiger partial charge on any atom is 0.127 e. The molecular weight excluding hydrogens is 250 g/mol. The van der Waals surface area contributed by atoms with Gasteiger partial charge >= 0.3 is 0 Å². The lowest BCUT2D eigenvalue weighted by Crippen LogP contribution is -2.17. The number of nitrogens with zero attached hydrogens (tertiary/aromatic N) is 3. The van der Waals surface area contributed by atoms with Gasteiger partial charge in [0.2, 0.25) is 0 Å². The van der Waals surface area contributed by atoms with Crippen molar-refractivity contribution in [3.05, 3.63) is 54.0 Å². The molecule has 0 atom stereocenters. The molecule has 5 nitrogen and oxygen atoms in total. The first-order chi connectivity index (χ1) is 9.88. The summed E-state index contributed by atoms with van der Waals surface area (Å²) >= 11 is 0. The number of nitrogens with one attached hydrogen (secondary N) is 2. The normalized spacial score (nSPS) is 9.95. The number of hydrogen-bond acceptors (Lipinski definition) is 5. The Bertz CT molecular complexity index is 562. The van der Waals surface area contributed by atoms with E-state index < -0.39 is 0 Å². The van der Waals surface area contributed by atoms with Gasteiger partial charge in [-0.15, -0.1) is 0 Å². The number of hydrogen-bond donors (Lipinski definition) is 2. The second-order valence-electron chi connectivity index (χ2n) is 4.36. The number of pyridine rings is 2. The summed E-state index contributed by atoms with van der Waals surface area (Å²) in [5.74, 6) is 0.747. The lowest BCUT2D eigenvalue weighted by atomic mass is 10.3. The Morgan fingerprint density at radius 3 is 2.95 bits per heavy atom. The van der Waals surface area contributed by atoms with E-state index in [1.807, 2.05) is 12.3 Å². The van der Waals surface area contributed by atoms with Crippen LogP contribution in [0.4, 0.5) is 5.82 Å². The van der Waals surface area contributed by atoms with Crippen molar-refractivity contribution >= 4 is 5.82 Å². The zero-order valence-electron chi connectivity index (χ0n) is 11.2. The van der Waals surface area contributed by atoms with Crippen molar-refractivity contribution in [2.45, 2.75) is 13.0 Å². The number of anilines is 1. The quantitative estimate of drug-likeness (QED) is 0.750. The minimum atomic E-state index is 0.622. The van der Waals surface area contributed by atoms with Crippen molar-refractivity contribution < 1.29 is 0 Å². The zero-order chi connectivity index (χ0) is 14.0. The molecule has 20 heavy (non-hydrogen) atoms. The molecule has 0 saturated carbocycles. The van der Waals surface area contributed by atoms with Crippen LogP contribution in [-0.4, -0.2) is 23.1 Å². The first-order valence-corrected chi connectivity index (χ1v) is 6.58. The van der Waals surface area contributed by atoms with Gasteiger partial charge in [0.25, 0.3) is 0 Å². The predicted octanol–water partition coefficient (Wildman–Crippen LogP) is 1.94. The van der Waals surface area contributed by atoms with E-state index in [9.17, 15) is 0 Å². The third-order valence-electron chi connectivity index (χ3n) is 2.78. The molecule has 2 N–H and O–H groups in total. The molecule has 0 spiro atoms. The van der Waals surface area contributed by atoms with Crippen LogP contribution in [0.3, 0.4) is 0 Å². The molecule has 2 aromatic heterocycles. The van der Waals surface area contributed by atoms with Gasteiger partial charge < -0.3 is 10.6 Å². The Morgan fingerprint density at radius 1 is 1.20 bits per heavy atom. The van der Waals surface area contributed by atoms with Gasteiger partial charge in [-0.3, -0.25) is 4.98 Å². The van der Waals surface area contributed by atoms with E-state index >= 15 is 0 Å². The first kappa shape index (κ1) is 14.0. The second kappa shape index (κ2) is 7.87. The molecule has 0 aliphatic carbocycles. The highest BCUT2D eigenvalue weighted by Gasteiger charge is 1.96. The third-order valence-corrected chi connectivity index (χ3v) is 2.78. The summed E-state index contributed by atoms with van der Waals surface area (Å²) in [6.07, 6.45) is 6.26. The molecule has 0 saturated heterocycles. The Labute approximate surface area is 118 Å². The summed E-state index contributed by atoms with van der Waals surface area (Å²) in [6.45, 7) is 2.57. The summed E-state index contributed by atoms with van der Waals surface area (Å²) in [5.41, 5.74) is 1.81. The standard InChI is InChI=1S/C15H17N5/c16-10-13-4-8-20-15(9-13)19-7-2-6-18-12-14-3-1-5-17-11-14/h1,3-5,8-9,11,18H,2,6-7,12H2,(H,19,20). The lowest BCUT2D eigenvalue weighted by Gasteiger charge is -2.07. The molecule has 0 bridgehead atoms. The van der Waals surface area contributed by atoms with Crippen LogP contribution in [-0.2, 0) is 6.54 Å². The summed E-state index contributed by atoms with van der Waals surface area (Å²) in [6, 6.07) is 9.53. The third kappa shape index (κ3) is 4.67. The van der Waals surface area contributed by atoms with Crippen LogP contribution in [0, 0.1) is 11.3 Å². The molecule has 102 valence electrons. The van der Waals surface area contributed by atoms with Crippen LogP contribution >= 0.6 is 0 Å². The van der Waals surface area contributed by atoms with Crippen molar-refractivity contribution in [2.75, 3.05) is 18.4 Å². The van der Waals surface area contributed by atoms with E-state index in [1.165, 1.54) is 5.56 Å². The van der Waals surface area contributed by atoms with Crippen LogP contribution in [0.25, 0.3) is 0 Å². The average molecular weight is 267 g/mol. The molecule has 2 aromatic rings. The zero-order valence-corrected chi connectivity index (χ0v) is 11.2. The lowest BCUT2D eigenvalue weighted by molar-refractivity contribution is 0.661. The van der Waals surface area contributed by atoms with Gasteiger partial charge in [0, 0.05) is 31.7 Å². The molecular formula is C15H17N5. The van der Waals surface area contributed by atoms with Gasteiger partial charge in [-0.05, 0) is 36.7 Å². The summed E-state index contributed by atoms with van der Waals surface area (Å²) in [4.78, 5) is 8.23. The van der Waals surface area contributed by atoms with Gasteiger partial charge in [0.1, 0.15) is 5.82 Å². The maximum atomic E-state index is 8.79. The maximum absolute atomic E-state index is 8.79. The van der Waals surface area contributed by atoms with Crippen molar-refractivity contribution in [3.8, 4) is 6.07 Å². The Balaban J connectivity index is 1.61. The SMILES string of the molecule is N#Cc1ccnc(NCCCNCc2cccnc2)c1. The minimum absolute atomic E-state index is 0.622. The number of rotatable bonds is 7. The molecule has 0 radical (unpaired) electrons. The number of aromatic nitrogens is 2. The van der Waals surface area contributed by atoms with E-state index in [2.05, 4.69) is 32.7 Å². The van der Waals surface area contributed by atoms with Crippen LogP contribution in [0.5, 0.6) is 0 Å². The molecule has 0 amide bonds. The van der Waals surface area contributed by atoms with Gasteiger partial charge in [-0.2, -0.15) is 5.26 Å². The van der Waals surface area contributed by atoms with Crippen molar-refractivity contribution in [3.63, 3.8) is 0 Å². The highest BCUT2D eigenvalue weighted by molar-refractivity contribution is 5.42. The molecule has 2 heterocycles. The van der Waals surface area contributed by atoms with E-state index in [0.717, 1.165) is 31.9 Å². The van der Waals surface area contributed by atoms with E-state index in [-0.39, 0.29) is 0 Å². The van der Waals surface area contributed by atoms with Crippen molar-refractivity contribution in [2.24, 2.45) is 0 Å². The monoisotopic (exact) mass is 267 g/mol. The molecule has 0 unspecified atom stereocenters. The highest BCUT2D eigenvalue weighted by Crippen LogP contribution is 2.05. The summed E-state index contributed by atoms with van der Waals surface area (Å²) in [5, 5.41) is 15.4. The fourth-order valence-corrected chi connectivity index (χ4v) is 1.76. The smallest absolute Gasteiger partial charge is 0.127 e. The molecule has 0 fully saturated rings. The fraction of sp³-hybridized carbons (Fsp3) is 0.267. The van der Waals surface area contributed by atoms with E-state index in [1.54, 1.807) is 24.5 Å². The Kier molecular flexibility index (Phi) is 5.50. The van der Waals surface area contributed by atoms with Crippen LogP contribution in [0.2, 0.25) is 0 Å². The second-order valence-corrected chi connectivity index (χ2v) is 4.36. The highest BCUT2D eigenvalue weighted by atomic mass is 15.0. The van der Waals surface area contributed by atoms with Crippen molar-refractivity contribution in [1.82, 2.24) is 15.3 Å². The largest absolute Gasteiger partial charge is 0.370 e. The van der Waals surface area contributed by atoms with Crippen molar-refractivity contribution in [1.29, 1.82) is 5.26 Å². The fourth-order valence-electron chi connectivity index (χ4n) is 1.76. The molecule has 0 aromatic carbocycles. The topological polar surface area (TPSA) is 73.6 Å². The van der Waals surface area contributed by atoms with Gasteiger partial charge in [0.15, 0.2) is 0 Å². The predicted molar refractivity (Wildman–Crippen MR) is 78.0 cm³/mol. The molecule has 5 heteroatoms. The number of nitriles is 1. The van der Waals surface area contributed by atoms with Crippen LogP contribution < -0.4 is 10.6 Å². The minimum Gasteiger partial charge on any atom is -0.370 e. The van der Waals surface area contributed by atoms with Gasteiger partial charge in [-0.1, -0.05) is 6.07 Å². The Hall–Kier alpha value is -2.45.